The molecule has 35 heavy (non-hydrogen) atoms. The fraction of sp³-hybridized carbons (Fsp3) is 0.192. The van der Waals surface area contributed by atoms with E-state index in [0.717, 1.165) is 41.3 Å². The van der Waals surface area contributed by atoms with Crippen molar-refractivity contribution in [3.8, 4) is 11.4 Å². The molecule has 1 aliphatic heterocycles. The van der Waals surface area contributed by atoms with Crippen LogP contribution in [0.4, 0.5) is 11.6 Å². The monoisotopic (exact) mass is 486 g/mol. The molecule has 178 valence electrons. The number of hydrogen-bond acceptors (Lipinski definition) is 7. The number of benzene rings is 2. The maximum atomic E-state index is 12.8. The molecule has 8 nitrogen and oxygen atoms in total. The molecule has 0 saturated carbocycles. The second-order valence-corrected chi connectivity index (χ2v) is 10.6. The van der Waals surface area contributed by atoms with Gasteiger partial charge >= 0.3 is 0 Å². The third-order valence-corrected chi connectivity index (χ3v) is 8.26. The molecule has 0 aliphatic carbocycles. The van der Waals surface area contributed by atoms with Crippen LogP contribution in [0.15, 0.2) is 78.2 Å². The first-order valence-corrected chi connectivity index (χ1v) is 13.0. The minimum atomic E-state index is -3.31. The Morgan fingerprint density at radius 1 is 0.857 bits per heavy atom. The number of H-pyrrole nitrogens is 1. The number of rotatable bonds is 7. The van der Waals surface area contributed by atoms with Crippen LogP contribution in [0.3, 0.4) is 0 Å². The first-order chi connectivity index (χ1) is 17.1. The third kappa shape index (κ3) is 5.47. The highest BCUT2D eigenvalue weighted by atomic mass is 32.2. The van der Waals surface area contributed by atoms with Crippen LogP contribution in [0.1, 0.15) is 24.0 Å². The average molecular weight is 487 g/mol. The Bertz CT molecular complexity index is 1380. The summed E-state index contributed by atoms with van der Waals surface area (Å²) >= 11 is 0. The van der Waals surface area contributed by atoms with E-state index in [0.29, 0.717) is 23.7 Å². The highest BCUT2D eigenvalue weighted by Crippen LogP contribution is 2.24. The maximum Gasteiger partial charge on any atom is 0.227 e. The Hall–Kier alpha value is -3.82. The Labute approximate surface area is 204 Å². The van der Waals surface area contributed by atoms with Gasteiger partial charge < -0.3 is 15.6 Å². The Morgan fingerprint density at radius 3 is 2.20 bits per heavy atom. The van der Waals surface area contributed by atoms with Gasteiger partial charge in [0, 0.05) is 41.6 Å². The van der Waals surface area contributed by atoms with Crippen LogP contribution in [0.5, 0.6) is 0 Å². The van der Waals surface area contributed by atoms with Crippen molar-refractivity contribution in [2.45, 2.75) is 23.0 Å². The second kappa shape index (κ2) is 10.2. The first-order valence-electron chi connectivity index (χ1n) is 11.5. The Kier molecular flexibility index (Phi) is 6.69. The lowest BCUT2D eigenvalue weighted by atomic mass is 10.1. The van der Waals surface area contributed by atoms with Crippen LogP contribution >= 0.6 is 0 Å². The summed E-state index contributed by atoms with van der Waals surface area (Å²) in [5.74, 6) is 1.29. The van der Waals surface area contributed by atoms with Crippen molar-refractivity contribution in [1.82, 2.24) is 25.3 Å². The maximum absolute atomic E-state index is 12.8. The smallest absolute Gasteiger partial charge is 0.227 e. The van der Waals surface area contributed by atoms with Crippen molar-refractivity contribution in [3.63, 3.8) is 0 Å². The van der Waals surface area contributed by atoms with Gasteiger partial charge in [-0.1, -0.05) is 36.4 Å². The lowest BCUT2D eigenvalue weighted by Crippen LogP contribution is -2.35. The van der Waals surface area contributed by atoms with Gasteiger partial charge in [0.25, 0.3) is 0 Å². The van der Waals surface area contributed by atoms with E-state index in [1.807, 2.05) is 36.4 Å². The van der Waals surface area contributed by atoms with Gasteiger partial charge in [0.05, 0.1) is 10.1 Å². The largest absolute Gasteiger partial charge is 0.345 e. The molecule has 4 aromatic rings. The van der Waals surface area contributed by atoms with E-state index in [4.69, 9.17) is 0 Å². The molecule has 5 rings (SSSR count). The van der Waals surface area contributed by atoms with Crippen molar-refractivity contribution in [2.75, 3.05) is 18.4 Å². The number of aromatic nitrogens is 4. The number of sulfone groups is 1. The molecule has 2 aromatic carbocycles. The van der Waals surface area contributed by atoms with E-state index < -0.39 is 9.84 Å². The minimum Gasteiger partial charge on any atom is -0.345 e. The summed E-state index contributed by atoms with van der Waals surface area (Å²) in [5, 5.41) is 6.01. The zero-order chi connectivity index (χ0) is 24.1. The van der Waals surface area contributed by atoms with E-state index in [1.165, 1.54) is 0 Å². The van der Waals surface area contributed by atoms with E-state index in [1.54, 1.807) is 49.1 Å². The summed E-state index contributed by atoms with van der Waals surface area (Å²) < 4.78 is 25.7. The molecule has 0 unspecified atom stereocenters. The quantitative estimate of drug-likeness (QED) is 0.357. The summed E-state index contributed by atoms with van der Waals surface area (Å²) in [6.45, 7) is 1.48. The average Bonchev–Trinajstić information content (AvgIpc) is 3.45. The van der Waals surface area contributed by atoms with Crippen LogP contribution in [0.2, 0.25) is 0 Å². The molecule has 0 spiro atoms. The molecular formula is C26H26N6O2S. The summed E-state index contributed by atoms with van der Waals surface area (Å²) in [7, 11) is -3.31. The lowest BCUT2D eigenvalue weighted by Gasteiger charge is -2.22. The number of imidazole rings is 1. The van der Waals surface area contributed by atoms with Gasteiger partial charge in [-0.15, -0.1) is 0 Å². The van der Waals surface area contributed by atoms with Gasteiger partial charge in [0.1, 0.15) is 5.82 Å². The molecule has 1 fully saturated rings. The molecule has 1 aliphatic rings. The minimum absolute atomic E-state index is 0.319. The van der Waals surface area contributed by atoms with Crippen molar-refractivity contribution < 1.29 is 8.42 Å². The van der Waals surface area contributed by atoms with E-state index in [-0.39, 0.29) is 5.25 Å². The molecule has 0 bridgehead atoms. The van der Waals surface area contributed by atoms with Gasteiger partial charge in [-0.25, -0.2) is 23.4 Å². The molecule has 0 radical (unpaired) electrons. The molecule has 0 atom stereocenters. The highest BCUT2D eigenvalue weighted by molar-refractivity contribution is 7.92. The van der Waals surface area contributed by atoms with Gasteiger partial charge in [-0.05, 0) is 55.8 Å². The van der Waals surface area contributed by atoms with Crippen molar-refractivity contribution in [2.24, 2.45) is 0 Å². The predicted octanol–water partition coefficient (Wildman–Crippen LogP) is 4.31. The Morgan fingerprint density at radius 2 is 1.54 bits per heavy atom. The fourth-order valence-electron chi connectivity index (χ4n) is 4.01. The number of piperidine rings is 1. The molecule has 3 heterocycles. The molecular weight excluding hydrogens is 460 g/mol. The van der Waals surface area contributed by atoms with E-state index >= 15 is 0 Å². The standard InChI is InChI=1S/C26H26N6O2S/c33-35(34,24-11-13-27-14-12-24)23-9-7-22(8-10-23)32-26-30-17-20(18-31-26)2-1-19-3-5-21(6-4-19)25-28-15-16-29-25/h1-10,15-18,24,27H,11-14H2,(H,28,29)(H,30,31,32)/b2-1+. The van der Waals surface area contributed by atoms with Crippen LogP contribution < -0.4 is 10.6 Å². The number of hydrogen-bond donors (Lipinski definition) is 3. The topological polar surface area (TPSA) is 113 Å². The predicted molar refractivity (Wildman–Crippen MR) is 138 cm³/mol. The first kappa shape index (κ1) is 22.9. The van der Waals surface area contributed by atoms with Gasteiger partial charge in [-0.2, -0.15) is 0 Å². The normalized spacial score (nSPS) is 14.9. The number of aromatic amines is 1. The SMILES string of the molecule is O=S(=O)(c1ccc(Nc2ncc(/C=C/c3ccc(-c4ncc[nH]4)cc3)cn2)cc1)C1CCNCC1. The van der Waals surface area contributed by atoms with Crippen molar-refractivity contribution >= 4 is 33.6 Å². The second-order valence-electron chi connectivity index (χ2n) is 8.38. The molecule has 0 amide bonds. The highest BCUT2D eigenvalue weighted by Gasteiger charge is 2.28. The lowest BCUT2D eigenvalue weighted by molar-refractivity contribution is 0.496. The van der Waals surface area contributed by atoms with Crippen molar-refractivity contribution in [3.05, 3.63) is 84.4 Å². The van der Waals surface area contributed by atoms with Crippen LogP contribution in [-0.2, 0) is 9.84 Å². The number of nitrogens with zero attached hydrogens (tertiary/aromatic N) is 3. The van der Waals surface area contributed by atoms with E-state index in [2.05, 4.69) is 30.6 Å². The number of nitrogens with one attached hydrogen (secondary N) is 3. The van der Waals surface area contributed by atoms with Gasteiger partial charge in [-0.3, -0.25) is 0 Å². The van der Waals surface area contributed by atoms with Gasteiger partial charge in [0.15, 0.2) is 9.84 Å². The summed E-state index contributed by atoms with van der Waals surface area (Å²) in [5.41, 5.74) is 3.69. The summed E-state index contributed by atoms with van der Waals surface area (Å²) in [6, 6.07) is 14.9. The van der Waals surface area contributed by atoms with Crippen LogP contribution in [0.25, 0.3) is 23.5 Å². The number of anilines is 2. The van der Waals surface area contributed by atoms with Crippen LogP contribution in [-0.4, -0.2) is 46.7 Å². The summed E-state index contributed by atoms with van der Waals surface area (Å²) in [4.78, 5) is 16.4. The fourth-order valence-corrected chi connectivity index (χ4v) is 5.77. The van der Waals surface area contributed by atoms with Gasteiger partial charge in [0.2, 0.25) is 5.95 Å². The van der Waals surface area contributed by atoms with Crippen molar-refractivity contribution in [1.29, 1.82) is 0 Å². The molecule has 1 saturated heterocycles. The molecule has 2 aromatic heterocycles. The zero-order valence-electron chi connectivity index (χ0n) is 19.1. The van der Waals surface area contributed by atoms with Crippen LogP contribution in [0, 0.1) is 0 Å². The zero-order valence-corrected chi connectivity index (χ0v) is 19.9. The third-order valence-electron chi connectivity index (χ3n) is 5.99. The van der Waals surface area contributed by atoms with E-state index in [9.17, 15) is 8.42 Å². The summed E-state index contributed by atoms with van der Waals surface area (Å²) in [6.07, 6.45) is 12.2. The Balaban J connectivity index is 1.20. The molecule has 9 heteroatoms. The molecule has 3 N–H and O–H groups in total.